The number of halogens is 2. The smallest absolute Gasteiger partial charge is 0.256 e. The fourth-order valence-corrected chi connectivity index (χ4v) is 3.85. The van der Waals surface area contributed by atoms with E-state index < -0.39 is 0 Å². The molecule has 0 atom stereocenters. The van der Waals surface area contributed by atoms with Crippen molar-refractivity contribution >= 4 is 17.5 Å². The van der Waals surface area contributed by atoms with E-state index in [1.165, 1.54) is 17.7 Å². The van der Waals surface area contributed by atoms with Crippen molar-refractivity contribution in [2.24, 2.45) is 0 Å². The molecule has 1 aliphatic carbocycles. The summed E-state index contributed by atoms with van der Waals surface area (Å²) in [7, 11) is 0. The van der Waals surface area contributed by atoms with Gasteiger partial charge in [-0.2, -0.15) is 5.10 Å². The van der Waals surface area contributed by atoms with Gasteiger partial charge in [-0.05, 0) is 43.0 Å². The maximum atomic E-state index is 13.1. The molecule has 1 aliphatic rings. The Morgan fingerprint density at radius 1 is 1.18 bits per heavy atom. The van der Waals surface area contributed by atoms with Gasteiger partial charge in [-0.25, -0.2) is 9.07 Å². The zero-order valence-corrected chi connectivity index (χ0v) is 16.3. The van der Waals surface area contributed by atoms with Gasteiger partial charge in [0.15, 0.2) is 0 Å². The third kappa shape index (κ3) is 3.67. The monoisotopic (exact) mass is 397 g/mol. The van der Waals surface area contributed by atoms with Gasteiger partial charge >= 0.3 is 0 Å². The third-order valence-corrected chi connectivity index (χ3v) is 5.75. The van der Waals surface area contributed by atoms with E-state index >= 15 is 0 Å². The Bertz CT molecular complexity index is 995. The van der Waals surface area contributed by atoms with Crippen LogP contribution in [-0.2, 0) is 12.0 Å². The molecule has 144 valence electrons. The molecule has 0 aliphatic heterocycles. The van der Waals surface area contributed by atoms with Gasteiger partial charge in [0.25, 0.3) is 5.91 Å². The molecule has 0 saturated heterocycles. The molecule has 0 spiro atoms. The maximum Gasteiger partial charge on any atom is 0.256 e. The molecule has 0 radical (unpaired) electrons. The molecule has 1 heterocycles. The Balaban J connectivity index is 1.47. The molecular formula is C22H21ClFN3O. The highest BCUT2D eigenvalue weighted by molar-refractivity contribution is 6.33. The van der Waals surface area contributed by atoms with E-state index in [-0.39, 0.29) is 17.1 Å². The van der Waals surface area contributed by atoms with Crippen molar-refractivity contribution in [3.05, 3.63) is 88.0 Å². The van der Waals surface area contributed by atoms with E-state index in [9.17, 15) is 9.18 Å². The number of carbonyl (C=O) groups is 1. The lowest BCUT2D eigenvalue weighted by atomic mass is 9.96. The summed E-state index contributed by atoms with van der Waals surface area (Å²) in [5.41, 5.74) is 3.12. The molecule has 1 fully saturated rings. The summed E-state index contributed by atoms with van der Waals surface area (Å²) < 4.78 is 14.7. The summed E-state index contributed by atoms with van der Waals surface area (Å²) in [5, 5.41) is 7.73. The lowest BCUT2D eigenvalue weighted by Gasteiger charge is -2.16. The normalized spacial score (nSPS) is 14.7. The lowest BCUT2D eigenvalue weighted by molar-refractivity contribution is 0.0949. The number of aromatic nitrogens is 2. The average Bonchev–Trinajstić information content (AvgIpc) is 3.44. The van der Waals surface area contributed by atoms with Gasteiger partial charge in [-0.3, -0.25) is 4.79 Å². The van der Waals surface area contributed by atoms with Crippen molar-refractivity contribution in [2.45, 2.75) is 31.7 Å². The largest absolute Gasteiger partial charge is 0.351 e. The predicted octanol–water partition coefficient (Wildman–Crippen LogP) is 4.49. The average molecular weight is 398 g/mol. The van der Waals surface area contributed by atoms with Crippen molar-refractivity contribution in [1.29, 1.82) is 0 Å². The number of rotatable bonds is 6. The van der Waals surface area contributed by atoms with Crippen molar-refractivity contribution in [3.8, 4) is 0 Å². The molecular weight excluding hydrogens is 377 g/mol. The van der Waals surface area contributed by atoms with Crippen molar-refractivity contribution in [1.82, 2.24) is 15.1 Å². The molecule has 1 amide bonds. The third-order valence-electron chi connectivity index (χ3n) is 5.37. The van der Waals surface area contributed by atoms with E-state index in [1.807, 2.05) is 18.2 Å². The molecule has 3 aromatic rings. The molecule has 4 rings (SSSR count). The Morgan fingerprint density at radius 2 is 1.86 bits per heavy atom. The Hall–Kier alpha value is -2.66. The fraction of sp³-hybridized carbons (Fsp3) is 0.273. The minimum atomic E-state index is -0.293. The minimum absolute atomic E-state index is 0.0292. The van der Waals surface area contributed by atoms with Gasteiger partial charge in [-0.15, -0.1) is 0 Å². The fourth-order valence-electron chi connectivity index (χ4n) is 3.53. The molecule has 0 unspecified atom stereocenters. The number of nitrogens with one attached hydrogen (secondary N) is 1. The molecule has 4 nitrogen and oxygen atoms in total. The van der Waals surface area contributed by atoms with Crippen molar-refractivity contribution in [3.63, 3.8) is 0 Å². The van der Waals surface area contributed by atoms with Crippen LogP contribution in [0.25, 0.3) is 0 Å². The van der Waals surface area contributed by atoms with Gasteiger partial charge in [0, 0.05) is 12.0 Å². The van der Waals surface area contributed by atoms with Crippen LogP contribution in [0.5, 0.6) is 0 Å². The summed E-state index contributed by atoms with van der Waals surface area (Å²) >= 11 is 6.45. The van der Waals surface area contributed by atoms with Crippen LogP contribution in [0.15, 0.2) is 54.6 Å². The highest BCUT2D eigenvalue weighted by Crippen LogP contribution is 2.47. The van der Waals surface area contributed by atoms with E-state index in [4.69, 9.17) is 11.6 Å². The Morgan fingerprint density at radius 3 is 2.50 bits per heavy atom. The van der Waals surface area contributed by atoms with Crippen LogP contribution in [0.4, 0.5) is 4.39 Å². The van der Waals surface area contributed by atoms with Crippen LogP contribution in [0, 0.1) is 12.7 Å². The van der Waals surface area contributed by atoms with Crippen LogP contribution in [0.1, 0.15) is 40.0 Å². The first-order valence-electron chi connectivity index (χ1n) is 9.30. The van der Waals surface area contributed by atoms with E-state index in [1.54, 1.807) is 23.7 Å². The van der Waals surface area contributed by atoms with Gasteiger partial charge in [0.1, 0.15) is 11.0 Å². The Labute approximate surface area is 168 Å². The predicted molar refractivity (Wildman–Crippen MR) is 107 cm³/mol. The number of hydrogen-bond acceptors (Lipinski definition) is 2. The maximum absolute atomic E-state index is 13.1. The van der Waals surface area contributed by atoms with E-state index in [0.717, 1.165) is 18.4 Å². The van der Waals surface area contributed by atoms with Crippen LogP contribution >= 0.6 is 11.6 Å². The van der Waals surface area contributed by atoms with E-state index in [0.29, 0.717) is 29.5 Å². The number of nitrogens with zero attached hydrogens (tertiary/aromatic N) is 2. The number of hydrogen-bond donors (Lipinski definition) is 1. The quantitative estimate of drug-likeness (QED) is 0.666. The van der Waals surface area contributed by atoms with Crippen LogP contribution in [0.2, 0.25) is 5.15 Å². The summed E-state index contributed by atoms with van der Waals surface area (Å²) in [6.45, 7) is 2.72. The second-order valence-corrected chi connectivity index (χ2v) is 7.72. The van der Waals surface area contributed by atoms with Crippen molar-refractivity contribution in [2.75, 3.05) is 6.54 Å². The minimum Gasteiger partial charge on any atom is -0.351 e. The summed E-state index contributed by atoms with van der Waals surface area (Å²) in [6, 6.07) is 16.4. The second-order valence-electron chi connectivity index (χ2n) is 7.36. The zero-order valence-electron chi connectivity index (χ0n) is 15.6. The lowest BCUT2D eigenvalue weighted by Crippen LogP contribution is -2.32. The first-order chi connectivity index (χ1) is 13.5. The molecule has 1 aromatic heterocycles. The first-order valence-corrected chi connectivity index (χ1v) is 9.67. The van der Waals surface area contributed by atoms with Gasteiger partial charge in [-0.1, -0.05) is 54.1 Å². The molecule has 1 saturated carbocycles. The first kappa shape index (κ1) is 18.7. The second kappa shape index (κ2) is 7.40. The number of aryl methyl sites for hydroxylation is 1. The Kier molecular flexibility index (Phi) is 4.94. The van der Waals surface area contributed by atoms with Crippen molar-refractivity contribution < 1.29 is 9.18 Å². The molecule has 1 N–H and O–H groups in total. The van der Waals surface area contributed by atoms with Gasteiger partial charge in [0.05, 0.1) is 17.8 Å². The molecule has 2 aromatic carbocycles. The number of carbonyl (C=O) groups excluding carboxylic acids is 1. The SMILES string of the molecule is Cc1nn(Cc2ccc(F)cc2)c(Cl)c1C(=O)NCC1(c2ccccc2)CC1. The molecule has 0 bridgehead atoms. The van der Waals surface area contributed by atoms with Gasteiger partial charge in [0.2, 0.25) is 0 Å². The standard InChI is InChI=1S/C22H21ClFN3O/c1-15-19(20(23)27(26-15)13-16-7-9-18(24)10-8-16)21(28)25-14-22(11-12-22)17-5-3-2-4-6-17/h2-10H,11-14H2,1H3,(H,25,28). The van der Waals surface area contributed by atoms with E-state index in [2.05, 4.69) is 22.5 Å². The highest BCUT2D eigenvalue weighted by atomic mass is 35.5. The van der Waals surface area contributed by atoms with Crippen LogP contribution in [-0.4, -0.2) is 22.2 Å². The molecule has 28 heavy (non-hydrogen) atoms. The number of amides is 1. The zero-order chi connectivity index (χ0) is 19.7. The summed E-state index contributed by atoms with van der Waals surface area (Å²) in [4.78, 5) is 12.8. The topological polar surface area (TPSA) is 46.9 Å². The highest BCUT2D eigenvalue weighted by Gasteiger charge is 2.44. The number of benzene rings is 2. The molecule has 6 heteroatoms. The van der Waals surface area contributed by atoms with Crippen LogP contribution in [0.3, 0.4) is 0 Å². The van der Waals surface area contributed by atoms with Crippen LogP contribution < -0.4 is 5.32 Å². The summed E-state index contributed by atoms with van der Waals surface area (Å²) in [5.74, 6) is -0.506. The van der Waals surface area contributed by atoms with Gasteiger partial charge < -0.3 is 5.32 Å². The summed E-state index contributed by atoms with van der Waals surface area (Å²) in [6.07, 6.45) is 2.13.